The summed E-state index contributed by atoms with van der Waals surface area (Å²) < 4.78 is 0. The molecule has 1 aliphatic carbocycles. The molecule has 0 spiro atoms. The van der Waals surface area contributed by atoms with Gasteiger partial charge in [-0.25, -0.2) is 0 Å². The van der Waals surface area contributed by atoms with Gasteiger partial charge in [0.1, 0.15) is 0 Å². The van der Waals surface area contributed by atoms with Crippen LogP contribution in [0.2, 0.25) is 0 Å². The van der Waals surface area contributed by atoms with Crippen molar-refractivity contribution in [2.24, 2.45) is 5.92 Å². The molecule has 0 radical (unpaired) electrons. The first-order chi connectivity index (χ1) is 9.20. The third-order valence-electron chi connectivity index (χ3n) is 5.18. The predicted molar refractivity (Wildman–Crippen MR) is 82.6 cm³/mol. The van der Waals surface area contributed by atoms with E-state index in [0.717, 1.165) is 18.0 Å². The molecular weight excluding hydrogens is 234 g/mol. The van der Waals surface area contributed by atoms with Crippen LogP contribution in [0.15, 0.2) is 0 Å². The van der Waals surface area contributed by atoms with Crippen LogP contribution in [-0.4, -0.2) is 61.7 Å². The fourth-order valence-electron chi connectivity index (χ4n) is 3.66. The van der Waals surface area contributed by atoms with Crippen LogP contribution in [0.1, 0.15) is 46.0 Å². The van der Waals surface area contributed by atoms with Gasteiger partial charge in [0.15, 0.2) is 0 Å². The van der Waals surface area contributed by atoms with Crippen molar-refractivity contribution in [1.82, 2.24) is 15.1 Å². The van der Waals surface area contributed by atoms with Gasteiger partial charge in [0.25, 0.3) is 0 Å². The van der Waals surface area contributed by atoms with Gasteiger partial charge < -0.3 is 15.1 Å². The van der Waals surface area contributed by atoms with Crippen molar-refractivity contribution in [2.45, 2.75) is 58.0 Å². The van der Waals surface area contributed by atoms with Crippen LogP contribution in [0.5, 0.6) is 0 Å². The van der Waals surface area contributed by atoms with Crippen LogP contribution in [-0.2, 0) is 0 Å². The molecule has 0 aromatic heterocycles. The van der Waals surface area contributed by atoms with Gasteiger partial charge in [0, 0.05) is 31.7 Å². The van der Waals surface area contributed by atoms with Crippen molar-refractivity contribution >= 4 is 0 Å². The maximum Gasteiger partial charge on any atom is 0.0192 e. The fourth-order valence-corrected chi connectivity index (χ4v) is 3.66. The lowest BCUT2D eigenvalue weighted by atomic mass is 9.98. The van der Waals surface area contributed by atoms with Crippen molar-refractivity contribution in [3.63, 3.8) is 0 Å². The van der Waals surface area contributed by atoms with Crippen LogP contribution >= 0.6 is 0 Å². The number of nitrogens with one attached hydrogen (secondary N) is 1. The highest BCUT2D eigenvalue weighted by Crippen LogP contribution is 2.28. The highest BCUT2D eigenvalue weighted by molar-refractivity contribution is 4.85. The van der Waals surface area contributed by atoms with E-state index in [0.29, 0.717) is 0 Å². The quantitative estimate of drug-likeness (QED) is 0.796. The Morgan fingerprint density at radius 3 is 2.79 bits per heavy atom. The number of likely N-dealkylation sites (N-methyl/N-ethyl adjacent to an activating group) is 1. The SMILES string of the molecule is CCCNC1CCCC1CCN1CCN(C)C(C)C1. The minimum absolute atomic E-state index is 0.728. The third kappa shape index (κ3) is 4.44. The smallest absolute Gasteiger partial charge is 0.0192 e. The summed E-state index contributed by atoms with van der Waals surface area (Å²) in [5, 5.41) is 3.76. The summed E-state index contributed by atoms with van der Waals surface area (Å²) in [6, 6.07) is 1.54. The Bertz CT molecular complexity index is 256. The normalized spacial score (nSPS) is 33.9. The van der Waals surface area contributed by atoms with E-state index in [1.165, 1.54) is 64.8 Å². The summed E-state index contributed by atoms with van der Waals surface area (Å²) in [7, 11) is 2.25. The molecule has 3 unspecified atom stereocenters. The molecule has 1 saturated heterocycles. The predicted octanol–water partition coefficient (Wildman–Crippen LogP) is 2.18. The Labute approximate surface area is 119 Å². The topological polar surface area (TPSA) is 18.5 Å². The van der Waals surface area contributed by atoms with Crippen molar-refractivity contribution in [3.05, 3.63) is 0 Å². The second-order valence-corrected chi connectivity index (χ2v) is 6.67. The summed E-state index contributed by atoms with van der Waals surface area (Å²) in [6.45, 7) is 10.9. The van der Waals surface area contributed by atoms with Gasteiger partial charge in [0.2, 0.25) is 0 Å². The molecule has 2 rings (SSSR count). The fraction of sp³-hybridized carbons (Fsp3) is 1.00. The van der Waals surface area contributed by atoms with E-state index in [1.807, 2.05) is 0 Å². The Morgan fingerprint density at radius 1 is 1.21 bits per heavy atom. The number of piperazine rings is 1. The number of hydrogen-bond acceptors (Lipinski definition) is 3. The maximum absolute atomic E-state index is 3.76. The monoisotopic (exact) mass is 267 g/mol. The first-order valence-electron chi connectivity index (χ1n) is 8.36. The van der Waals surface area contributed by atoms with Crippen LogP contribution in [0.25, 0.3) is 0 Å². The lowest BCUT2D eigenvalue weighted by Gasteiger charge is -2.38. The van der Waals surface area contributed by atoms with E-state index in [-0.39, 0.29) is 0 Å². The summed E-state index contributed by atoms with van der Waals surface area (Å²) in [5.41, 5.74) is 0. The van der Waals surface area contributed by atoms with Gasteiger partial charge in [-0.05, 0) is 58.7 Å². The molecule has 112 valence electrons. The van der Waals surface area contributed by atoms with E-state index >= 15 is 0 Å². The van der Waals surface area contributed by atoms with E-state index in [2.05, 4.69) is 36.0 Å². The maximum atomic E-state index is 3.76. The molecule has 1 heterocycles. The second kappa shape index (κ2) is 7.61. The van der Waals surface area contributed by atoms with Crippen molar-refractivity contribution in [3.8, 4) is 0 Å². The summed E-state index contributed by atoms with van der Waals surface area (Å²) in [5.74, 6) is 0.932. The lowest BCUT2D eigenvalue weighted by Crippen LogP contribution is -2.50. The van der Waals surface area contributed by atoms with E-state index in [9.17, 15) is 0 Å². The molecule has 19 heavy (non-hydrogen) atoms. The van der Waals surface area contributed by atoms with Gasteiger partial charge in [-0.15, -0.1) is 0 Å². The number of rotatable bonds is 6. The van der Waals surface area contributed by atoms with Crippen molar-refractivity contribution in [1.29, 1.82) is 0 Å². The Morgan fingerprint density at radius 2 is 2.05 bits per heavy atom. The second-order valence-electron chi connectivity index (χ2n) is 6.67. The van der Waals surface area contributed by atoms with Crippen LogP contribution in [0, 0.1) is 5.92 Å². The molecule has 0 aromatic carbocycles. The molecule has 0 bridgehead atoms. The third-order valence-corrected chi connectivity index (χ3v) is 5.18. The number of hydrogen-bond donors (Lipinski definition) is 1. The highest BCUT2D eigenvalue weighted by atomic mass is 15.3. The molecule has 0 amide bonds. The van der Waals surface area contributed by atoms with Gasteiger partial charge in [-0.2, -0.15) is 0 Å². The molecule has 2 aliphatic rings. The average Bonchev–Trinajstić information content (AvgIpc) is 2.85. The first-order valence-corrected chi connectivity index (χ1v) is 8.36. The molecule has 3 atom stereocenters. The van der Waals surface area contributed by atoms with E-state index in [4.69, 9.17) is 0 Å². The highest BCUT2D eigenvalue weighted by Gasteiger charge is 2.27. The van der Waals surface area contributed by atoms with Gasteiger partial charge >= 0.3 is 0 Å². The number of nitrogens with zero attached hydrogens (tertiary/aromatic N) is 2. The molecule has 1 saturated carbocycles. The van der Waals surface area contributed by atoms with Crippen molar-refractivity contribution in [2.75, 3.05) is 39.8 Å². The van der Waals surface area contributed by atoms with E-state index in [1.54, 1.807) is 0 Å². The largest absolute Gasteiger partial charge is 0.314 e. The van der Waals surface area contributed by atoms with Crippen LogP contribution in [0.3, 0.4) is 0 Å². The van der Waals surface area contributed by atoms with Gasteiger partial charge in [-0.1, -0.05) is 13.3 Å². The standard InChI is InChI=1S/C16H33N3/c1-4-9-17-16-7-5-6-15(16)8-10-19-12-11-18(3)14(2)13-19/h14-17H,4-13H2,1-3H3. The zero-order chi connectivity index (χ0) is 13.7. The summed E-state index contributed by atoms with van der Waals surface area (Å²) in [6.07, 6.45) is 6.96. The Balaban J connectivity index is 1.69. The minimum atomic E-state index is 0.728. The van der Waals surface area contributed by atoms with Gasteiger partial charge in [-0.3, -0.25) is 0 Å². The average molecular weight is 267 g/mol. The molecule has 3 nitrogen and oxygen atoms in total. The molecular formula is C16H33N3. The molecule has 2 fully saturated rings. The van der Waals surface area contributed by atoms with E-state index < -0.39 is 0 Å². The first kappa shape index (κ1) is 15.3. The Kier molecular flexibility index (Phi) is 6.11. The summed E-state index contributed by atoms with van der Waals surface area (Å²) in [4.78, 5) is 5.16. The van der Waals surface area contributed by atoms with Crippen LogP contribution in [0.4, 0.5) is 0 Å². The van der Waals surface area contributed by atoms with Gasteiger partial charge in [0.05, 0.1) is 0 Å². The molecule has 1 N–H and O–H groups in total. The zero-order valence-electron chi connectivity index (χ0n) is 13.2. The zero-order valence-corrected chi connectivity index (χ0v) is 13.2. The minimum Gasteiger partial charge on any atom is -0.314 e. The molecule has 3 heteroatoms. The van der Waals surface area contributed by atoms with Crippen molar-refractivity contribution < 1.29 is 0 Å². The van der Waals surface area contributed by atoms with Crippen LogP contribution < -0.4 is 5.32 Å². The molecule has 1 aliphatic heterocycles. The summed E-state index contributed by atoms with van der Waals surface area (Å²) >= 11 is 0. The molecule has 0 aromatic rings. The lowest BCUT2D eigenvalue weighted by molar-refractivity contribution is 0.0991. The Hall–Kier alpha value is -0.120.